The number of hydrogen-bond donors (Lipinski definition) is 1. The topological polar surface area (TPSA) is 69.0 Å². The molecule has 1 unspecified atom stereocenters. The Hall–Kier alpha value is -3.38. The van der Waals surface area contributed by atoms with Gasteiger partial charge < -0.3 is 10.1 Å². The van der Waals surface area contributed by atoms with E-state index in [0.29, 0.717) is 10.9 Å². The lowest BCUT2D eigenvalue weighted by molar-refractivity contribution is -0.123. The van der Waals surface area contributed by atoms with Crippen molar-refractivity contribution in [2.45, 2.75) is 19.9 Å². The second-order valence-electron chi connectivity index (χ2n) is 7.46. The molecule has 0 aliphatic rings. The first-order chi connectivity index (χ1) is 14.9. The summed E-state index contributed by atoms with van der Waals surface area (Å²) in [7, 11) is 1.81. The molecule has 2 heterocycles. The molecule has 0 aliphatic heterocycles. The fraction of sp³-hybridized carbons (Fsp3) is 0.208. The van der Waals surface area contributed by atoms with Crippen LogP contribution in [0.5, 0.6) is 5.88 Å². The van der Waals surface area contributed by atoms with Crippen molar-refractivity contribution in [3.63, 3.8) is 0 Å². The minimum atomic E-state index is -0.318. The molecule has 4 rings (SSSR count). The summed E-state index contributed by atoms with van der Waals surface area (Å²) in [5, 5.41) is 8.93. The molecular weight excluding hydrogens is 412 g/mol. The third-order valence-corrected chi connectivity index (χ3v) is 5.32. The van der Waals surface area contributed by atoms with E-state index in [1.807, 2.05) is 81.6 Å². The second-order valence-corrected chi connectivity index (χ2v) is 7.90. The third kappa shape index (κ3) is 4.54. The number of benzene rings is 2. The number of aromatic nitrogens is 3. The van der Waals surface area contributed by atoms with Gasteiger partial charge in [0.05, 0.1) is 11.4 Å². The number of nitrogens with one attached hydrogen (secondary N) is 1. The summed E-state index contributed by atoms with van der Waals surface area (Å²) in [5.74, 6) is 0.153. The molecule has 2 aromatic carbocycles. The predicted octanol–water partition coefficient (Wildman–Crippen LogP) is 4.52. The molecule has 0 fully saturated rings. The van der Waals surface area contributed by atoms with Crippen molar-refractivity contribution in [1.29, 1.82) is 0 Å². The molecule has 0 saturated carbocycles. The summed E-state index contributed by atoms with van der Waals surface area (Å²) in [6.45, 7) is 3.77. The summed E-state index contributed by atoms with van der Waals surface area (Å²) in [5.41, 5.74) is 4.55. The van der Waals surface area contributed by atoms with Crippen molar-refractivity contribution in [1.82, 2.24) is 20.1 Å². The molecule has 31 heavy (non-hydrogen) atoms. The van der Waals surface area contributed by atoms with E-state index in [1.54, 1.807) is 4.68 Å². The van der Waals surface area contributed by atoms with E-state index in [2.05, 4.69) is 15.4 Å². The number of hydrogen-bond acceptors (Lipinski definition) is 4. The maximum Gasteiger partial charge on any atom is 0.258 e. The van der Waals surface area contributed by atoms with Crippen LogP contribution in [0, 0.1) is 13.8 Å². The van der Waals surface area contributed by atoms with E-state index >= 15 is 0 Å². The molecule has 6 nitrogen and oxygen atoms in total. The number of carbonyl (C=O) groups is 1. The highest BCUT2D eigenvalue weighted by Crippen LogP contribution is 2.27. The lowest BCUT2D eigenvalue weighted by atomic mass is 9.99. The Bertz CT molecular complexity index is 1220. The zero-order valence-corrected chi connectivity index (χ0v) is 18.3. The smallest absolute Gasteiger partial charge is 0.258 e. The van der Waals surface area contributed by atoms with Crippen LogP contribution in [-0.4, -0.2) is 27.3 Å². The summed E-state index contributed by atoms with van der Waals surface area (Å²) >= 11 is 6.04. The lowest BCUT2D eigenvalue weighted by Crippen LogP contribution is -2.33. The molecular formula is C24H23ClN4O2. The van der Waals surface area contributed by atoms with E-state index in [-0.39, 0.29) is 18.6 Å². The molecule has 0 saturated heterocycles. The average molecular weight is 435 g/mol. The van der Waals surface area contributed by atoms with Crippen molar-refractivity contribution < 1.29 is 9.53 Å². The van der Waals surface area contributed by atoms with Gasteiger partial charge in [0.2, 0.25) is 5.88 Å². The molecule has 158 valence electrons. The van der Waals surface area contributed by atoms with Crippen LogP contribution < -0.4 is 10.1 Å². The summed E-state index contributed by atoms with van der Waals surface area (Å²) in [6.07, 6.45) is 0. The Morgan fingerprint density at radius 3 is 2.48 bits per heavy atom. The number of fused-ring (bicyclic) bond motifs is 1. The monoisotopic (exact) mass is 434 g/mol. The van der Waals surface area contributed by atoms with Crippen LogP contribution in [0.2, 0.25) is 5.02 Å². The van der Waals surface area contributed by atoms with Crippen LogP contribution in [0.15, 0.2) is 60.7 Å². The molecule has 0 radical (unpaired) electrons. The first-order valence-electron chi connectivity index (χ1n) is 9.96. The highest BCUT2D eigenvalue weighted by molar-refractivity contribution is 6.30. The molecule has 0 spiro atoms. The van der Waals surface area contributed by atoms with Crippen LogP contribution in [0.3, 0.4) is 0 Å². The minimum absolute atomic E-state index is 0.156. The van der Waals surface area contributed by atoms with E-state index in [0.717, 1.165) is 33.4 Å². The predicted molar refractivity (Wildman–Crippen MR) is 121 cm³/mol. The van der Waals surface area contributed by atoms with Crippen molar-refractivity contribution in [2.24, 2.45) is 7.05 Å². The van der Waals surface area contributed by atoms with Gasteiger partial charge in [0.1, 0.15) is 0 Å². The van der Waals surface area contributed by atoms with Gasteiger partial charge in [-0.15, -0.1) is 5.10 Å². The SMILES string of the molecule is Cc1cc(C)c2c(OCC(=O)NC(c3ccccc3)c3ccc(Cl)cc3)nn(C)c2n1. The van der Waals surface area contributed by atoms with Gasteiger partial charge in [-0.25, -0.2) is 9.67 Å². The van der Waals surface area contributed by atoms with E-state index < -0.39 is 0 Å². The van der Waals surface area contributed by atoms with E-state index in [4.69, 9.17) is 16.3 Å². The Kier molecular flexibility index (Phi) is 5.91. The minimum Gasteiger partial charge on any atom is -0.466 e. The summed E-state index contributed by atoms with van der Waals surface area (Å²) in [4.78, 5) is 17.3. The van der Waals surface area contributed by atoms with Gasteiger partial charge in [-0.3, -0.25) is 4.79 Å². The number of aryl methyl sites for hydroxylation is 3. The highest BCUT2D eigenvalue weighted by atomic mass is 35.5. The number of pyridine rings is 1. The fourth-order valence-corrected chi connectivity index (χ4v) is 3.77. The van der Waals surface area contributed by atoms with Crippen LogP contribution in [-0.2, 0) is 11.8 Å². The summed E-state index contributed by atoms with van der Waals surface area (Å²) in [6, 6.07) is 18.9. The van der Waals surface area contributed by atoms with Crippen LogP contribution in [0.4, 0.5) is 0 Å². The largest absolute Gasteiger partial charge is 0.466 e. The fourth-order valence-electron chi connectivity index (χ4n) is 3.65. The quantitative estimate of drug-likeness (QED) is 0.484. The standard InChI is InChI=1S/C24H23ClN4O2/c1-15-13-16(2)26-23-21(15)24(28-29(23)3)31-14-20(30)27-22(17-7-5-4-6-8-17)18-9-11-19(25)12-10-18/h4-13,22H,14H2,1-3H3,(H,27,30). The third-order valence-electron chi connectivity index (χ3n) is 5.07. The van der Waals surface area contributed by atoms with Gasteiger partial charge in [-0.1, -0.05) is 54.1 Å². The van der Waals surface area contributed by atoms with Crippen molar-refractivity contribution in [2.75, 3.05) is 6.61 Å². The number of amides is 1. The Morgan fingerprint density at radius 1 is 1.10 bits per heavy atom. The van der Waals surface area contributed by atoms with Crippen molar-refractivity contribution in [3.05, 3.63) is 88.1 Å². The number of nitrogens with zero attached hydrogens (tertiary/aromatic N) is 3. The zero-order valence-electron chi connectivity index (χ0n) is 17.6. The molecule has 0 bridgehead atoms. The molecule has 0 aliphatic carbocycles. The van der Waals surface area contributed by atoms with E-state index in [9.17, 15) is 4.79 Å². The van der Waals surface area contributed by atoms with E-state index in [1.165, 1.54) is 0 Å². The number of halogens is 1. The van der Waals surface area contributed by atoms with Gasteiger partial charge >= 0.3 is 0 Å². The van der Waals surface area contributed by atoms with Gasteiger partial charge in [-0.2, -0.15) is 0 Å². The molecule has 4 aromatic rings. The first kappa shape index (κ1) is 20.9. The maximum atomic E-state index is 12.8. The van der Waals surface area contributed by atoms with Gasteiger partial charge in [-0.05, 0) is 48.7 Å². The molecule has 1 amide bonds. The molecule has 1 N–H and O–H groups in total. The number of rotatable bonds is 6. The summed E-state index contributed by atoms with van der Waals surface area (Å²) < 4.78 is 7.48. The molecule has 1 atom stereocenters. The molecule has 7 heteroatoms. The average Bonchev–Trinajstić information content (AvgIpc) is 3.07. The van der Waals surface area contributed by atoms with Crippen molar-refractivity contribution in [3.8, 4) is 5.88 Å². The first-order valence-corrected chi connectivity index (χ1v) is 10.3. The second kappa shape index (κ2) is 8.78. The van der Waals surface area contributed by atoms with Crippen LogP contribution >= 0.6 is 11.6 Å². The number of ether oxygens (including phenoxy) is 1. The maximum absolute atomic E-state index is 12.8. The van der Waals surface area contributed by atoms with Gasteiger partial charge in [0.15, 0.2) is 12.3 Å². The van der Waals surface area contributed by atoms with Crippen LogP contribution in [0.25, 0.3) is 11.0 Å². The molecule has 2 aromatic heterocycles. The van der Waals surface area contributed by atoms with Crippen molar-refractivity contribution >= 4 is 28.5 Å². The van der Waals surface area contributed by atoms with Gasteiger partial charge in [0.25, 0.3) is 5.91 Å². The van der Waals surface area contributed by atoms with Crippen LogP contribution in [0.1, 0.15) is 28.4 Å². The zero-order chi connectivity index (χ0) is 22.0. The Morgan fingerprint density at radius 2 is 1.77 bits per heavy atom. The Labute approximate surface area is 185 Å². The lowest BCUT2D eigenvalue weighted by Gasteiger charge is -2.20. The normalized spacial score (nSPS) is 12.0. The highest BCUT2D eigenvalue weighted by Gasteiger charge is 2.19. The Balaban J connectivity index is 1.54. The number of carbonyl (C=O) groups excluding carboxylic acids is 1. The van der Waals surface area contributed by atoms with Gasteiger partial charge in [0, 0.05) is 17.8 Å².